The van der Waals surface area contributed by atoms with E-state index in [0.29, 0.717) is 16.0 Å². The quantitative estimate of drug-likeness (QED) is 0.430. The molecule has 170 valence electrons. The Hall–Kier alpha value is -3.42. The Bertz CT molecular complexity index is 1610. The van der Waals surface area contributed by atoms with Crippen LogP contribution in [0, 0.1) is 0 Å². The Kier molecular flexibility index (Phi) is 5.23. The fourth-order valence-corrected chi connectivity index (χ4v) is 6.64. The van der Waals surface area contributed by atoms with Crippen LogP contribution in [0.4, 0.5) is 0 Å². The Morgan fingerprint density at radius 1 is 1.06 bits per heavy atom. The third-order valence-corrected chi connectivity index (χ3v) is 8.32. The molecule has 2 aromatic heterocycles. The summed E-state index contributed by atoms with van der Waals surface area (Å²) in [5.41, 5.74) is 5.55. The van der Waals surface area contributed by atoms with Crippen LogP contribution < -0.4 is 24.4 Å². The second kappa shape index (κ2) is 8.42. The predicted molar refractivity (Wildman–Crippen MR) is 137 cm³/mol. The second-order valence-corrected chi connectivity index (χ2v) is 10.2. The normalized spacial score (nSPS) is 17.0. The molecule has 0 radical (unpaired) electrons. The minimum Gasteiger partial charge on any atom is -0.497 e. The van der Waals surface area contributed by atoms with Crippen molar-refractivity contribution >= 4 is 34.4 Å². The predicted octanol–water partition coefficient (Wildman–Crippen LogP) is 4.40. The van der Waals surface area contributed by atoms with Gasteiger partial charge in [-0.15, -0.1) is 11.3 Å². The van der Waals surface area contributed by atoms with Gasteiger partial charge in [0.05, 0.1) is 30.5 Å². The zero-order valence-corrected chi connectivity index (χ0v) is 20.4. The Labute approximate surface area is 204 Å². The van der Waals surface area contributed by atoms with Crippen molar-refractivity contribution in [3.05, 3.63) is 107 Å². The highest BCUT2D eigenvalue weighted by Gasteiger charge is 2.33. The maximum absolute atomic E-state index is 13.8. The number of allylic oxidation sites excluding steroid dienone is 1. The molecule has 2 aromatic carbocycles. The van der Waals surface area contributed by atoms with Crippen LogP contribution in [0.5, 0.6) is 11.5 Å². The number of nitrogens with zero attached hydrogens (tertiary/aromatic N) is 2. The monoisotopic (exact) mass is 486 g/mol. The zero-order chi connectivity index (χ0) is 23.2. The van der Waals surface area contributed by atoms with Crippen molar-refractivity contribution in [3.63, 3.8) is 0 Å². The highest BCUT2D eigenvalue weighted by atomic mass is 32.1. The van der Waals surface area contributed by atoms with Gasteiger partial charge in [0, 0.05) is 22.1 Å². The minimum atomic E-state index is -0.125. The van der Waals surface area contributed by atoms with E-state index in [1.165, 1.54) is 28.0 Å². The Balaban J connectivity index is 1.59. The van der Waals surface area contributed by atoms with Gasteiger partial charge in [0.1, 0.15) is 11.5 Å². The van der Waals surface area contributed by atoms with Crippen LogP contribution in [0.3, 0.4) is 0 Å². The summed E-state index contributed by atoms with van der Waals surface area (Å²) in [5, 5.41) is 2.07. The first-order valence-electron chi connectivity index (χ1n) is 11.1. The molecule has 7 heteroatoms. The molecule has 4 aromatic rings. The van der Waals surface area contributed by atoms with E-state index in [1.807, 2.05) is 28.8 Å². The molecule has 3 heterocycles. The SMILES string of the molecule is COc1ccc(/C=c2/sc3n(c2=O)C(c2cccs2)C2=C(N=3)c3ccccc3CC2)c(OC)c1. The van der Waals surface area contributed by atoms with Gasteiger partial charge in [0.25, 0.3) is 5.56 Å². The number of aryl methyl sites for hydroxylation is 1. The Morgan fingerprint density at radius 2 is 1.94 bits per heavy atom. The second-order valence-electron chi connectivity index (χ2n) is 8.24. The van der Waals surface area contributed by atoms with Crippen LogP contribution >= 0.6 is 22.7 Å². The largest absolute Gasteiger partial charge is 0.497 e. The zero-order valence-electron chi connectivity index (χ0n) is 18.8. The highest BCUT2D eigenvalue weighted by molar-refractivity contribution is 7.10. The molecule has 1 aliphatic carbocycles. The van der Waals surface area contributed by atoms with Crippen molar-refractivity contribution in [3.8, 4) is 11.5 Å². The standard InChI is InChI=1S/C27H22N2O3S2/c1-31-18-11-9-17(21(15-18)32-2)14-23-26(30)29-25(22-8-5-13-33-22)20-12-10-16-6-3-4-7-19(16)24(20)28-27(29)34-23/h3-9,11,13-15,25H,10,12H2,1-2H3/b23-14+. The first kappa shape index (κ1) is 21.1. The number of thiophene rings is 1. The molecular formula is C27H22N2O3S2. The van der Waals surface area contributed by atoms with Gasteiger partial charge in [-0.1, -0.05) is 41.7 Å². The lowest BCUT2D eigenvalue weighted by atomic mass is 9.85. The molecule has 0 bridgehead atoms. The number of ether oxygens (including phenoxy) is 2. The molecular weight excluding hydrogens is 464 g/mol. The third-order valence-electron chi connectivity index (χ3n) is 6.41. The number of thiazole rings is 1. The van der Waals surface area contributed by atoms with Crippen molar-refractivity contribution in [2.75, 3.05) is 14.2 Å². The van der Waals surface area contributed by atoms with Gasteiger partial charge in [-0.3, -0.25) is 9.36 Å². The minimum absolute atomic E-state index is 0.0228. The molecule has 1 unspecified atom stereocenters. The summed E-state index contributed by atoms with van der Waals surface area (Å²) in [6, 6.07) is 18.1. The van der Waals surface area contributed by atoms with E-state index in [2.05, 4.69) is 41.8 Å². The molecule has 0 spiro atoms. The smallest absolute Gasteiger partial charge is 0.271 e. The maximum atomic E-state index is 13.8. The van der Waals surface area contributed by atoms with Gasteiger partial charge >= 0.3 is 0 Å². The lowest BCUT2D eigenvalue weighted by Crippen LogP contribution is -2.38. The van der Waals surface area contributed by atoms with Crippen molar-refractivity contribution in [2.45, 2.75) is 18.9 Å². The highest BCUT2D eigenvalue weighted by Crippen LogP contribution is 2.42. The fourth-order valence-electron chi connectivity index (χ4n) is 4.80. The van der Waals surface area contributed by atoms with Gasteiger partial charge in [-0.05, 0) is 53.6 Å². The van der Waals surface area contributed by atoms with Crippen LogP contribution in [0.25, 0.3) is 11.8 Å². The summed E-state index contributed by atoms with van der Waals surface area (Å²) in [6.45, 7) is 0. The topological polar surface area (TPSA) is 52.8 Å². The number of fused-ring (bicyclic) bond motifs is 3. The molecule has 0 saturated heterocycles. The summed E-state index contributed by atoms with van der Waals surface area (Å²) in [6.07, 6.45) is 3.75. The van der Waals surface area contributed by atoms with E-state index in [0.717, 1.165) is 33.8 Å². The van der Waals surface area contributed by atoms with Crippen LogP contribution in [0.1, 0.15) is 34.0 Å². The Morgan fingerprint density at radius 3 is 2.74 bits per heavy atom. The van der Waals surface area contributed by atoms with Gasteiger partial charge < -0.3 is 9.47 Å². The lowest BCUT2D eigenvalue weighted by Gasteiger charge is -2.30. The molecule has 6 rings (SSSR count). The summed E-state index contributed by atoms with van der Waals surface area (Å²) >= 11 is 3.12. The summed E-state index contributed by atoms with van der Waals surface area (Å²) in [7, 11) is 3.24. The fraction of sp³-hybridized carbons (Fsp3) is 0.185. The summed E-state index contributed by atoms with van der Waals surface area (Å²) in [5.74, 6) is 1.37. The van der Waals surface area contributed by atoms with E-state index in [1.54, 1.807) is 25.6 Å². The molecule has 5 nitrogen and oxygen atoms in total. The van der Waals surface area contributed by atoms with Gasteiger partial charge in [-0.2, -0.15) is 0 Å². The van der Waals surface area contributed by atoms with E-state index in [4.69, 9.17) is 14.5 Å². The van der Waals surface area contributed by atoms with E-state index in [9.17, 15) is 4.79 Å². The van der Waals surface area contributed by atoms with Crippen LogP contribution in [0.2, 0.25) is 0 Å². The van der Waals surface area contributed by atoms with Crippen molar-refractivity contribution in [1.82, 2.24) is 4.57 Å². The van der Waals surface area contributed by atoms with Crippen molar-refractivity contribution in [2.24, 2.45) is 4.99 Å². The molecule has 2 aliphatic rings. The van der Waals surface area contributed by atoms with Crippen LogP contribution in [0.15, 0.2) is 75.3 Å². The summed E-state index contributed by atoms with van der Waals surface area (Å²) in [4.78, 5) is 20.7. The van der Waals surface area contributed by atoms with E-state index >= 15 is 0 Å². The van der Waals surface area contributed by atoms with Crippen molar-refractivity contribution < 1.29 is 9.47 Å². The summed E-state index contributed by atoms with van der Waals surface area (Å²) < 4.78 is 13.4. The molecule has 0 fully saturated rings. The number of aromatic nitrogens is 1. The van der Waals surface area contributed by atoms with Gasteiger partial charge in [0.2, 0.25) is 0 Å². The molecule has 1 aliphatic heterocycles. The first-order valence-corrected chi connectivity index (χ1v) is 12.8. The van der Waals surface area contributed by atoms with Crippen LogP contribution in [-0.4, -0.2) is 18.8 Å². The lowest BCUT2D eigenvalue weighted by molar-refractivity contribution is 0.393. The molecule has 0 N–H and O–H groups in total. The average Bonchev–Trinajstić information content (AvgIpc) is 3.51. The number of rotatable bonds is 4. The number of hydrogen-bond acceptors (Lipinski definition) is 6. The van der Waals surface area contributed by atoms with E-state index < -0.39 is 0 Å². The number of hydrogen-bond donors (Lipinski definition) is 0. The van der Waals surface area contributed by atoms with Crippen LogP contribution in [-0.2, 0) is 6.42 Å². The molecule has 34 heavy (non-hydrogen) atoms. The number of benzene rings is 2. The molecule has 0 amide bonds. The van der Waals surface area contributed by atoms with Gasteiger partial charge in [-0.25, -0.2) is 4.99 Å². The third kappa shape index (κ3) is 3.35. The van der Waals surface area contributed by atoms with E-state index in [-0.39, 0.29) is 11.6 Å². The molecule has 1 atom stereocenters. The average molecular weight is 487 g/mol. The maximum Gasteiger partial charge on any atom is 0.271 e. The van der Waals surface area contributed by atoms with Crippen molar-refractivity contribution in [1.29, 1.82) is 0 Å². The molecule has 0 saturated carbocycles. The number of methoxy groups -OCH3 is 2. The first-order chi connectivity index (χ1) is 16.7. The van der Waals surface area contributed by atoms with Gasteiger partial charge in [0.15, 0.2) is 4.80 Å².